The van der Waals surface area contributed by atoms with Crippen LogP contribution in [0.4, 0.5) is 0 Å². The van der Waals surface area contributed by atoms with Crippen molar-refractivity contribution >= 4 is 85.1 Å². The molecule has 516 valence electrons. The van der Waals surface area contributed by atoms with Crippen molar-refractivity contribution in [2.75, 3.05) is 55.9 Å². The van der Waals surface area contributed by atoms with E-state index in [2.05, 4.69) is 58.7 Å². The molecular formula is C72H82BClN8O16. The molecule has 0 saturated carbocycles. The number of carboxylic acids is 2. The van der Waals surface area contributed by atoms with Crippen molar-refractivity contribution in [3.63, 3.8) is 0 Å². The Morgan fingerprint density at radius 2 is 0.908 bits per heavy atom. The summed E-state index contributed by atoms with van der Waals surface area (Å²) in [6.07, 6.45) is 24.1. The molecule has 0 fully saturated rings. The number of halogens is 1. The highest BCUT2D eigenvalue weighted by atomic mass is 35.5. The number of carboxylic acid groups (broad SMARTS) is 2. The van der Waals surface area contributed by atoms with E-state index < -0.39 is 44.4 Å². The summed E-state index contributed by atoms with van der Waals surface area (Å²) in [5.74, 6) is 0.762. The molecule has 0 saturated heterocycles. The van der Waals surface area contributed by atoms with Crippen LogP contribution in [0.25, 0.3) is 58.7 Å². The van der Waals surface area contributed by atoms with Gasteiger partial charge < -0.3 is 64.6 Å². The van der Waals surface area contributed by atoms with Gasteiger partial charge in [0.05, 0.1) is 79.4 Å². The lowest BCUT2D eigenvalue weighted by molar-refractivity contribution is -0.141. The van der Waals surface area contributed by atoms with Crippen LogP contribution in [0.3, 0.4) is 0 Å². The number of methoxy groups -OCH3 is 6. The molecule has 0 spiro atoms. The molecule has 26 heteroatoms. The smallest absolute Gasteiger partial charge is 0.491 e. The number of carbonyl (C=O) groups excluding carboxylic acids is 2. The average Bonchev–Trinajstić information content (AvgIpc) is 1.02. The minimum Gasteiger partial charge on any atom is -0.496 e. The Morgan fingerprint density at radius 3 is 1.19 bits per heavy atom. The second-order valence-electron chi connectivity index (χ2n) is 21.5. The number of aliphatic hydroxyl groups is 2. The Kier molecular flexibility index (Phi) is 30.9. The van der Waals surface area contributed by atoms with E-state index in [-0.39, 0.29) is 6.54 Å². The van der Waals surface area contributed by atoms with Gasteiger partial charge in [-0.2, -0.15) is 15.3 Å². The number of benzene rings is 6. The number of nitrogens with two attached hydrogens (primary N) is 1. The van der Waals surface area contributed by atoms with Crippen LogP contribution < -0.4 is 44.9 Å². The lowest BCUT2D eigenvalue weighted by Gasteiger charge is -2.17. The number of hydrogen-bond donors (Lipinski definition) is 8. The second-order valence-corrected chi connectivity index (χ2v) is 21.9. The van der Waals surface area contributed by atoms with Crippen LogP contribution in [0.15, 0.2) is 128 Å². The maximum Gasteiger partial charge on any atom is 0.491 e. The number of hydrogen-bond acceptors (Lipinski definition) is 19. The Hall–Kier alpha value is -10.6. The summed E-state index contributed by atoms with van der Waals surface area (Å²) in [7, 11) is 13.3. The molecule has 3 aromatic heterocycles. The Bertz CT molecular complexity index is 4160. The molecule has 98 heavy (non-hydrogen) atoms. The van der Waals surface area contributed by atoms with Gasteiger partial charge in [-0.25, -0.2) is 0 Å². The number of aryl methyl sites for hydroxylation is 3. The minimum atomic E-state index is -1.40. The highest BCUT2D eigenvalue weighted by Gasteiger charge is 2.20. The van der Waals surface area contributed by atoms with Crippen LogP contribution in [-0.2, 0) is 37.3 Å². The highest BCUT2D eigenvalue weighted by molar-refractivity contribution is 6.58. The number of nitrogens with zero attached hydrogens (tertiary/aromatic N) is 6. The zero-order chi connectivity index (χ0) is 72.2. The highest BCUT2D eigenvalue weighted by Crippen LogP contribution is 2.35. The van der Waals surface area contributed by atoms with Crippen LogP contribution in [-0.4, -0.2) is 159 Å². The van der Waals surface area contributed by atoms with Crippen molar-refractivity contribution in [2.45, 2.75) is 39.4 Å². The third kappa shape index (κ3) is 22.0. The van der Waals surface area contributed by atoms with E-state index in [4.69, 9.17) is 71.1 Å². The molecule has 6 aromatic carbocycles. The van der Waals surface area contributed by atoms with Gasteiger partial charge in [0.2, 0.25) is 0 Å². The molecular weight excluding hydrogens is 1280 g/mol. The number of aromatic nitrogens is 6. The largest absolute Gasteiger partial charge is 0.496 e. The lowest BCUT2D eigenvalue weighted by Crippen LogP contribution is -2.39. The van der Waals surface area contributed by atoms with Gasteiger partial charge in [0.15, 0.2) is 12.6 Å². The molecule has 3 heterocycles. The van der Waals surface area contributed by atoms with Crippen molar-refractivity contribution in [1.29, 1.82) is 0 Å². The van der Waals surface area contributed by atoms with Crippen molar-refractivity contribution in [1.82, 2.24) is 34.7 Å². The molecule has 0 radical (unpaired) electrons. The topological polar surface area (TPSA) is 337 Å². The van der Waals surface area contributed by atoms with E-state index in [9.17, 15) is 24.3 Å². The minimum absolute atomic E-state index is 0.167. The maximum atomic E-state index is 11.3. The number of nitrogens with one attached hydrogen (secondary N) is 1. The van der Waals surface area contributed by atoms with Crippen LogP contribution in [0, 0.1) is 20.8 Å². The third-order valence-electron chi connectivity index (χ3n) is 15.0. The van der Waals surface area contributed by atoms with Crippen LogP contribution >= 0.6 is 11.6 Å². The van der Waals surface area contributed by atoms with Crippen LogP contribution in [0.2, 0.25) is 5.02 Å². The number of aliphatic carboxylic acids is 2. The summed E-state index contributed by atoms with van der Waals surface area (Å²) in [5, 5.41) is 67.2. The predicted molar refractivity (Wildman–Crippen MR) is 380 cm³/mol. The van der Waals surface area contributed by atoms with Gasteiger partial charge in [0.25, 0.3) is 0 Å². The molecule has 9 aromatic rings. The fraction of sp³-hybridized carbons (Fsp3) is 0.236. The zero-order valence-electron chi connectivity index (χ0n) is 56.5. The van der Waals surface area contributed by atoms with Gasteiger partial charge >= 0.3 is 19.1 Å². The number of aldehydes is 2. The van der Waals surface area contributed by atoms with E-state index in [1.165, 1.54) is 44.9 Å². The molecule has 0 unspecified atom stereocenters. The summed E-state index contributed by atoms with van der Waals surface area (Å²) < 4.78 is 37.3. The SMILES string of the molecule is COc1cc(/C=C/c2cccc(-c3cnn(C)c3)c2C)cc(OC)c1C=O.COc1cc(/C=C/c2cccc(-c3cnn(C)c3)c2C)cc(OC)c1CN[C@@H](CO)C(=O)O.COc1cc(/C=C/c2cccc(Cl)c2C)cc(OC)c1C=O.Cn1cc(B(O)O)cn1.N[C@@H](CO)C(=O)O. The molecule has 9 N–H and O–H groups in total. The van der Waals surface area contributed by atoms with Crippen molar-refractivity contribution in [2.24, 2.45) is 26.9 Å². The zero-order valence-corrected chi connectivity index (χ0v) is 57.3. The number of ether oxygens (including phenoxy) is 6. The fourth-order valence-electron chi connectivity index (χ4n) is 9.50. The molecule has 0 bridgehead atoms. The quantitative estimate of drug-likeness (QED) is 0.0159. The summed E-state index contributed by atoms with van der Waals surface area (Å²) in [4.78, 5) is 43.3. The Labute approximate surface area is 574 Å². The van der Waals surface area contributed by atoms with E-state index >= 15 is 0 Å². The molecule has 0 aliphatic carbocycles. The Morgan fingerprint density at radius 1 is 0.541 bits per heavy atom. The lowest BCUT2D eigenvalue weighted by atomic mass is 9.83. The van der Waals surface area contributed by atoms with Crippen LogP contribution in [0.5, 0.6) is 34.5 Å². The first-order valence-electron chi connectivity index (χ1n) is 30.1. The standard InChI is InChI=1S/C25H29N3O5.C22H22N2O3.C18H17ClO3.C4H7BN2O2.C3H7NO3/c1-16-18(6-5-7-20(16)19-12-27-28(2)14-19)9-8-17-10-23(32-3)21(24(11-17)33-4)13-26-22(15-29)25(30)31;1-15-17(6-5-7-19(15)18-12-23-24(2)13-18)9-8-16-10-21(26-3)20(14-25)22(11-16)27-4;1-12-14(5-4-6-16(12)19)8-7-13-9-17(21-2)15(11-20)18(10-13)22-3;1-7-3-4(2-6-7)5(8)9;4-2(1-5)3(6)7/h5-12,14,22,26,29H,13,15H2,1-4H3,(H,30,31);5-14H,1-4H3;4-11H,1-3H3;2-3,8-9H,1H3;2,5H,1,4H2,(H,6,7)/b2*9-8+;8-7+;;/t22-;;;;2-/m0...0/s1. The summed E-state index contributed by atoms with van der Waals surface area (Å²) in [6, 6.07) is 26.9. The summed E-state index contributed by atoms with van der Waals surface area (Å²) in [6.45, 7) is 5.29. The third-order valence-corrected chi connectivity index (χ3v) is 15.4. The fourth-order valence-corrected chi connectivity index (χ4v) is 9.68. The van der Waals surface area contributed by atoms with E-state index in [0.717, 1.165) is 84.4 Å². The first kappa shape index (κ1) is 78.1. The number of aliphatic hydroxyl groups excluding tert-OH is 2. The first-order valence-corrected chi connectivity index (χ1v) is 30.5. The molecule has 0 amide bonds. The van der Waals surface area contributed by atoms with E-state index in [1.807, 2.05) is 137 Å². The van der Waals surface area contributed by atoms with Crippen molar-refractivity contribution < 1.29 is 78.1 Å². The summed E-state index contributed by atoms with van der Waals surface area (Å²) in [5.41, 5.74) is 20.3. The summed E-state index contributed by atoms with van der Waals surface area (Å²) >= 11 is 6.12. The van der Waals surface area contributed by atoms with Gasteiger partial charge in [0.1, 0.15) is 46.6 Å². The van der Waals surface area contributed by atoms with Crippen molar-refractivity contribution in [3.05, 3.63) is 200 Å². The van der Waals surface area contributed by atoms with E-state index in [0.29, 0.717) is 56.7 Å². The molecule has 0 aliphatic rings. The molecule has 0 aliphatic heterocycles. The normalized spacial score (nSPS) is 11.4. The van der Waals surface area contributed by atoms with Crippen molar-refractivity contribution in [3.8, 4) is 56.8 Å². The Balaban J connectivity index is 0.000000241. The van der Waals surface area contributed by atoms with Gasteiger partial charge in [0, 0.05) is 79.7 Å². The first-order chi connectivity index (χ1) is 46.9. The van der Waals surface area contributed by atoms with Gasteiger partial charge in [-0.05, 0) is 124 Å². The average molecular weight is 1360 g/mol. The predicted octanol–water partition coefficient (Wildman–Crippen LogP) is 8.65. The monoisotopic (exact) mass is 1360 g/mol. The van der Waals surface area contributed by atoms with Gasteiger partial charge in [-0.3, -0.25) is 38.5 Å². The molecule has 2 atom stereocenters. The second kappa shape index (κ2) is 38.8. The molecule has 24 nitrogen and oxygen atoms in total. The number of rotatable bonds is 24. The van der Waals surface area contributed by atoms with Crippen LogP contribution in [0.1, 0.15) is 76.4 Å². The molecule has 9 rings (SSSR count). The van der Waals surface area contributed by atoms with E-state index in [1.54, 1.807) is 49.0 Å². The van der Waals surface area contributed by atoms with Gasteiger partial charge in [-0.15, -0.1) is 0 Å². The number of carbonyl (C=O) groups is 4. The van der Waals surface area contributed by atoms with Gasteiger partial charge in [-0.1, -0.05) is 96.6 Å². The maximum absolute atomic E-state index is 11.3.